The van der Waals surface area contributed by atoms with Crippen LogP contribution in [-0.4, -0.2) is 30.6 Å². The third-order valence-corrected chi connectivity index (χ3v) is 4.23. The van der Waals surface area contributed by atoms with E-state index in [4.69, 9.17) is 0 Å². The smallest absolute Gasteiger partial charge is 0.126 e. The van der Waals surface area contributed by atoms with Crippen molar-refractivity contribution in [2.75, 3.05) is 19.6 Å². The number of nitrogens with one attached hydrogen (secondary N) is 1. The lowest BCUT2D eigenvalue weighted by molar-refractivity contribution is 0.164. The monoisotopic (exact) mass is 278 g/mol. The maximum absolute atomic E-state index is 13.3. The third kappa shape index (κ3) is 4.29. The minimum Gasteiger partial charge on any atom is -0.316 e. The van der Waals surface area contributed by atoms with E-state index in [-0.39, 0.29) is 5.82 Å². The highest BCUT2D eigenvalue weighted by molar-refractivity contribution is 5.23. The first kappa shape index (κ1) is 15.5. The van der Waals surface area contributed by atoms with E-state index in [1.807, 2.05) is 19.1 Å². The fourth-order valence-electron chi connectivity index (χ4n) is 2.91. The Hall–Kier alpha value is -0.930. The molecule has 0 bridgehead atoms. The van der Waals surface area contributed by atoms with Crippen LogP contribution in [0.3, 0.4) is 0 Å². The first-order valence-electron chi connectivity index (χ1n) is 7.76. The molecule has 2 rings (SSSR count). The van der Waals surface area contributed by atoms with Crippen molar-refractivity contribution < 1.29 is 4.39 Å². The predicted octanol–water partition coefficient (Wildman–Crippen LogP) is 3.34. The molecule has 1 aliphatic rings. The normalized spacial score (nSPS) is 19.8. The maximum Gasteiger partial charge on any atom is 0.126 e. The fourth-order valence-corrected chi connectivity index (χ4v) is 2.91. The van der Waals surface area contributed by atoms with Crippen LogP contribution < -0.4 is 5.32 Å². The van der Waals surface area contributed by atoms with Crippen LogP contribution in [0.5, 0.6) is 0 Å². The molecule has 20 heavy (non-hydrogen) atoms. The molecule has 112 valence electrons. The summed E-state index contributed by atoms with van der Waals surface area (Å²) in [6, 6.07) is 5.99. The van der Waals surface area contributed by atoms with Crippen molar-refractivity contribution in [3.8, 4) is 0 Å². The zero-order chi connectivity index (χ0) is 14.5. The molecule has 1 atom stereocenters. The van der Waals surface area contributed by atoms with E-state index in [0.29, 0.717) is 6.04 Å². The van der Waals surface area contributed by atoms with Gasteiger partial charge in [0.1, 0.15) is 5.82 Å². The second kappa shape index (κ2) is 7.19. The molecule has 3 heteroatoms. The molecule has 1 fully saturated rings. The Labute approximate surface area is 122 Å². The largest absolute Gasteiger partial charge is 0.316 e. The molecule has 0 saturated carbocycles. The quantitative estimate of drug-likeness (QED) is 0.888. The lowest BCUT2D eigenvalue weighted by atomic mass is 9.98. The molecular weight excluding hydrogens is 251 g/mol. The van der Waals surface area contributed by atoms with Gasteiger partial charge in [0.05, 0.1) is 0 Å². The molecular formula is C17H27FN2. The Morgan fingerprint density at radius 2 is 2.20 bits per heavy atom. The molecule has 1 unspecified atom stereocenters. The molecule has 1 aliphatic heterocycles. The Kier molecular flexibility index (Phi) is 5.55. The molecule has 1 heterocycles. The van der Waals surface area contributed by atoms with Gasteiger partial charge in [0.25, 0.3) is 0 Å². The zero-order valence-electron chi connectivity index (χ0n) is 13.0. The summed E-state index contributed by atoms with van der Waals surface area (Å²) < 4.78 is 13.3. The number of piperidine rings is 1. The molecule has 1 saturated heterocycles. The van der Waals surface area contributed by atoms with Gasteiger partial charge in [0, 0.05) is 19.1 Å². The van der Waals surface area contributed by atoms with E-state index in [1.54, 1.807) is 6.07 Å². The number of nitrogens with zero attached hydrogens (tertiary/aromatic N) is 1. The average molecular weight is 278 g/mol. The summed E-state index contributed by atoms with van der Waals surface area (Å²) in [6.45, 7) is 10.7. The van der Waals surface area contributed by atoms with Crippen LogP contribution >= 0.6 is 0 Å². The third-order valence-electron chi connectivity index (χ3n) is 4.23. The minimum atomic E-state index is -0.110. The Bertz CT molecular complexity index is 425. The van der Waals surface area contributed by atoms with E-state index < -0.39 is 0 Å². The molecule has 0 radical (unpaired) electrons. The molecule has 0 aliphatic carbocycles. The number of aryl methyl sites for hydroxylation is 1. The summed E-state index contributed by atoms with van der Waals surface area (Å²) >= 11 is 0. The summed E-state index contributed by atoms with van der Waals surface area (Å²) in [7, 11) is 0. The number of hydrogen-bond acceptors (Lipinski definition) is 2. The highest BCUT2D eigenvalue weighted by Crippen LogP contribution is 2.17. The maximum atomic E-state index is 13.3. The average Bonchev–Trinajstić information content (AvgIpc) is 2.43. The number of hydrogen-bond donors (Lipinski definition) is 1. The standard InChI is InChI=1S/C17H27FN2/c1-13(2)20(12-16-5-4-8-19-10-16)11-15-6-7-17(18)14(3)9-15/h6-7,9,13,16,19H,4-5,8,10-12H2,1-3H3. The van der Waals surface area contributed by atoms with Gasteiger partial charge in [-0.3, -0.25) is 4.90 Å². The van der Waals surface area contributed by atoms with Gasteiger partial charge >= 0.3 is 0 Å². The van der Waals surface area contributed by atoms with E-state index in [0.717, 1.165) is 37.7 Å². The van der Waals surface area contributed by atoms with Crippen molar-refractivity contribution in [1.29, 1.82) is 0 Å². The van der Waals surface area contributed by atoms with Crippen molar-refractivity contribution in [3.63, 3.8) is 0 Å². The van der Waals surface area contributed by atoms with E-state index in [2.05, 4.69) is 24.1 Å². The van der Waals surface area contributed by atoms with E-state index >= 15 is 0 Å². The van der Waals surface area contributed by atoms with Gasteiger partial charge in [-0.05, 0) is 69.8 Å². The summed E-state index contributed by atoms with van der Waals surface area (Å²) in [4.78, 5) is 2.50. The van der Waals surface area contributed by atoms with E-state index in [9.17, 15) is 4.39 Å². The number of benzene rings is 1. The molecule has 0 amide bonds. The highest BCUT2D eigenvalue weighted by Gasteiger charge is 2.19. The lowest BCUT2D eigenvalue weighted by Gasteiger charge is -2.33. The van der Waals surface area contributed by atoms with Crippen LogP contribution in [0, 0.1) is 18.7 Å². The first-order valence-corrected chi connectivity index (χ1v) is 7.76. The Balaban J connectivity index is 1.99. The van der Waals surface area contributed by atoms with Gasteiger partial charge < -0.3 is 5.32 Å². The molecule has 1 N–H and O–H groups in total. The van der Waals surface area contributed by atoms with Gasteiger partial charge in [-0.1, -0.05) is 12.1 Å². The Morgan fingerprint density at radius 1 is 1.40 bits per heavy atom. The fraction of sp³-hybridized carbons (Fsp3) is 0.647. The zero-order valence-corrected chi connectivity index (χ0v) is 13.0. The van der Waals surface area contributed by atoms with Crippen LogP contribution in [0.15, 0.2) is 18.2 Å². The predicted molar refractivity (Wildman–Crippen MR) is 82.3 cm³/mol. The van der Waals surface area contributed by atoms with Gasteiger partial charge in [0.15, 0.2) is 0 Å². The van der Waals surface area contributed by atoms with Crippen LogP contribution in [0.2, 0.25) is 0 Å². The van der Waals surface area contributed by atoms with Gasteiger partial charge in [-0.25, -0.2) is 4.39 Å². The van der Waals surface area contributed by atoms with Crippen molar-refractivity contribution in [3.05, 3.63) is 35.1 Å². The van der Waals surface area contributed by atoms with Crippen molar-refractivity contribution in [1.82, 2.24) is 10.2 Å². The van der Waals surface area contributed by atoms with E-state index in [1.165, 1.54) is 18.4 Å². The molecule has 1 aromatic rings. The van der Waals surface area contributed by atoms with Crippen molar-refractivity contribution in [2.45, 2.75) is 46.2 Å². The SMILES string of the molecule is Cc1cc(CN(CC2CCCNC2)C(C)C)ccc1F. The summed E-state index contributed by atoms with van der Waals surface area (Å²) in [6.07, 6.45) is 2.60. The van der Waals surface area contributed by atoms with Gasteiger partial charge in [-0.15, -0.1) is 0 Å². The highest BCUT2D eigenvalue weighted by atomic mass is 19.1. The van der Waals surface area contributed by atoms with Gasteiger partial charge in [0.2, 0.25) is 0 Å². The minimum absolute atomic E-state index is 0.110. The molecule has 0 aromatic heterocycles. The second-order valence-corrected chi connectivity index (χ2v) is 6.32. The van der Waals surface area contributed by atoms with Crippen LogP contribution in [0.1, 0.15) is 37.8 Å². The Morgan fingerprint density at radius 3 is 2.80 bits per heavy atom. The van der Waals surface area contributed by atoms with Crippen molar-refractivity contribution >= 4 is 0 Å². The summed E-state index contributed by atoms with van der Waals surface area (Å²) in [5.41, 5.74) is 1.95. The second-order valence-electron chi connectivity index (χ2n) is 6.32. The van der Waals surface area contributed by atoms with Crippen LogP contribution in [-0.2, 0) is 6.54 Å². The van der Waals surface area contributed by atoms with Crippen LogP contribution in [0.4, 0.5) is 4.39 Å². The van der Waals surface area contributed by atoms with Gasteiger partial charge in [-0.2, -0.15) is 0 Å². The van der Waals surface area contributed by atoms with Crippen LogP contribution in [0.25, 0.3) is 0 Å². The topological polar surface area (TPSA) is 15.3 Å². The lowest BCUT2D eigenvalue weighted by Crippen LogP contribution is -2.40. The number of halogens is 1. The summed E-state index contributed by atoms with van der Waals surface area (Å²) in [5.74, 6) is 0.633. The first-order chi connectivity index (χ1) is 9.56. The van der Waals surface area contributed by atoms with Crippen molar-refractivity contribution in [2.24, 2.45) is 5.92 Å². The number of rotatable bonds is 5. The molecule has 1 aromatic carbocycles. The molecule has 0 spiro atoms. The summed E-state index contributed by atoms with van der Waals surface area (Å²) in [5, 5.41) is 3.48. The molecule has 2 nitrogen and oxygen atoms in total.